The lowest BCUT2D eigenvalue weighted by atomic mass is 9.78. The molecular formula is C56H45ClS. The summed E-state index contributed by atoms with van der Waals surface area (Å²) in [5.74, 6) is 0.321. The van der Waals surface area contributed by atoms with Gasteiger partial charge in [0.2, 0.25) is 0 Å². The van der Waals surface area contributed by atoms with Crippen molar-refractivity contribution in [2.24, 2.45) is 0 Å². The average Bonchev–Trinajstić information content (AvgIpc) is 3.35. The summed E-state index contributed by atoms with van der Waals surface area (Å²) in [6, 6.07) is 60.7. The Morgan fingerprint density at radius 3 is 2.28 bits per heavy atom. The van der Waals surface area contributed by atoms with Crippen LogP contribution in [0.4, 0.5) is 0 Å². The molecule has 0 N–H and O–H groups in total. The van der Waals surface area contributed by atoms with Gasteiger partial charge in [0.25, 0.3) is 0 Å². The fourth-order valence-corrected chi connectivity index (χ4v) is 11.2. The van der Waals surface area contributed by atoms with Crippen LogP contribution in [0.1, 0.15) is 70.7 Å². The molecule has 2 aliphatic carbocycles. The normalized spacial score (nSPS) is 14.9. The average molecular weight is 785 g/mol. The first kappa shape index (κ1) is 36.7. The van der Waals surface area contributed by atoms with Gasteiger partial charge in [0.1, 0.15) is 0 Å². The molecule has 0 fully saturated rings. The van der Waals surface area contributed by atoms with E-state index < -0.39 is 0 Å². The van der Waals surface area contributed by atoms with Gasteiger partial charge in [0.15, 0.2) is 0 Å². The van der Waals surface area contributed by atoms with Crippen LogP contribution in [-0.2, 0) is 18.3 Å². The maximum Gasteiger partial charge on any atom is 0.0492 e. The number of hydrogen-bond acceptors (Lipinski definition) is 1. The molecule has 0 amide bonds. The highest BCUT2D eigenvalue weighted by molar-refractivity contribution is 7.99. The molecule has 0 aliphatic heterocycles. The van der Waals surface area contributed by atoms with E-state index in [0.717, 1.165) is 40.3 Å². The summed E-state index contributed by atoms with van der Waals surface area (Å²) in [4.78, 5) is 2.34. The van der Waals surface area contributed by atoms with E-state index >= 15 is 0 Å². The molecule has 58 heavy (non-hydrogen) atoms. The summed E-state index contributed by atoms with van der Waals surface area (Å²) >= 11 is 8.80. The molecule has 282 valence electrons. The van der Waals surface area contributed by atoms with E-state index in [1.54, 1.807) is 11.8 Å². The Labute approximate surface area is 352 Å². The molecule has 0 heterocycles. The highest BCUT2D eigenvalue weighted by Crippen LogP contribution is 2.53. The van der Waals surface area contributed by atoms with Crippen LogP contribution in [0.15, 0.2) is 180 Å². The smallest absolute Gasteiger partial charge is 0.0492 e. The summed E-state index contributed by atoms with van der Waals surface area (Å²) in [7, 11) is 0. The lowest BCUT2D eigenvalue weighted by Gasteiger charge is -2.25. The zero-order valence-corrected chi connectivity index (χ0v) is 34.9. The SMILES string of the molecule is C=C(Cc1cccc2ccccc12)c1c(Cl)cccc1Sc1cc(-c2ccc3c(c2)-c2cc4c(cc2C(c2ccccc2)CC3)C(C)(C)c2ccccc2-4)ccc1C. The van der Waals surface area contributed by atoms with Crippen LogP contribution in [0.5, 0.6) is 0 Å². The van der Waals surface area contributed by atoms with Crippen molar-refractivity contribution < 1.29 is 0 Å². The lowest BCUT2D eigenvalue weighted by Crippen LogP contribution is -2.16. The molecule has 1 atom stereocenters. The summed E-state index contributed by atoms with van der Waals surface area (Å²) in [6.07, 6.45) is 2.84. The van der Waals surface area contributed by atoms with E-state index in [4.69, 9.17) is 11.6 Å². The molecule has 0 bridgehead atoms. The van der Waals surface area contributed by atoms with Gasteiger partial charge in [-0.05, 0) is 145 Å². The van der Waals surface area contributed by atoms with E-state index in [1.807, 2.05) is 6.07 Å². The van der Waals surface area contributed by atoms with Crippen molar-refractivity contribution in [1.29, 1.82) is 0 Å². The minimum absolute atomic E-state index is 0.0553. The van der Waals surface area contributed by atoms with Crippen LogP contribution in [0.3, 0.4) is 0 Å². The number of hydrogen-bond donors (Lipinski definition) is 0. The maximum absolute atomic E-state index is 7.02. The Hall–Kier alpha value is -5.60. The zero-order chi connectivity index (χ0) is 39.5. The number of fused-ring (bicyclic) bond motifs is 7. The van der Waals surface area contributed by atoms with Crippen LogP contribution in [0.25, 0.3) is 49.7 Å². The van der Waals surface area contributed by atoms with E-state index in [-0.39, 0.29) is 5.41 Å². The first-order valence-electron chi connectivity index (χ1n) is 20.4. The fourth-order valence-electron chi connectivity index (χ4n) is 9.70. The van der Waals surface area contributed by atoms with Crippen molar-refractivity contribution in [3.63, 3.8) is 0 Å². The van der Waals surface area contributed by atoms with Gasteiger partial charge in [-0.15, -0.1) is 0 Å². The van der Waals surface area contributed by atoms with Crippen LogP contribution in [0, 0.1) is 6.92 Å². The van der Waals surface area contributed by atoms with Gasteiger partial charge in [-0.1, -0.05) is 177 Å². The van der Waals surface area contributed by atoms with Crippen LogP contribution < -0.4 is 0 Å². The standard InChI is InChI=1S/C56H45ClS/c1-35-24-25-41(32-54(35)58-53-23-13-22-52(57)55(53)36(2)30-42-18-12-17-37-16-8-9-19-43(37)42)40-27-26-39-28-29-44(38-14-6-5-7-15-38)48-34-51-49(33-47(48)46(39)31-40)45-20-10-11-21-50(45)56(51,3)4/h5-27,31-34,44H,2,28-30H2,1,3-4H3. The summed E-state index contributed by atoms with van der Waals surface area (Å²) in [5, 5.41) is 3.23. The Morgan fingerprint density at radius 1 is 0.655 bits per heavy atom. The van der Waals surface area contributed by atoms with Gasteiger partial charge in [0, 0.05) is 31.7 Å². The second-order valence-corrected chi connectivity index (χ2v) is 18.1. The van der Waals surface area contributed by atoms with Gasteiger partial charge < -0.3 is 0 Å². The summed E-state index contributed by atoms with van der Waals surface area (Å²) < 4.78 is 0. The third kappa shape index (κ3) is 6.33. The molecule has 0 radical (unpaired) electrons. The van der Waals surface area contributed by atoms with E-state index in [0.29, 0.717) is 5.92 Å². The van der Waals surface area contributed by atoms with Gasteiger partial charge in [0.05, 0.1) is 0 Å². The Balaban J connectivity index is 1.04. The number of rotatable bonds is 7. The number of aryl methyl sites for hydroxylation is 2. The molecular weight excluding hydrogens is 740 g/mol. The highest BCUT2D eigenvalue weighted by Gasteiger charge is 2.37. The van der Waals surface area contributed by atoms with Crippen LogP contribution in [-0.4, -0.2) is 0 Å². The third-order valence-corrected chi connectivity index (χ3v) is 14.3. The molecule has 1 unspecified atom stereocenters. The maximum atomic E-state index is 7.02. The molecule has 8 aromatic carbocycles. The molecule has 0 saturated carbocycles. The topological polar surface area (TPSA) is 0 Å². The third-order valence-electron chi connectivity index (χ3n) is 12.8. The fraction of sp³-hybridized carbons (Fsp3) is 0.143. The number of benzene rings is 8. The van der Waals surface area contributed by atoms with Crippen molar-refractivity contribution in [2.45, 2.75) is 61.2 Å². The Kier molecular flexibility index (Phi) is 9.28. The molecule has 0 spiro atoms. The first-order valence-corrected chi connectivity index (χ1v) is 21.6. The molecule has 0 aromatic heterocycles. The van der Waals surface area contributed by atoms with Crippen molar-refractivity contribution in [3.8, 4) is 33.4 Å². The van der Waals surface area contributed by atoms with Crippen molar-refractivity contribution in [3.05, 3.63) is 220 Å². The van der Waals surface area contributed by atoms with Crippen LogP contribution in [0.2, 0.25) is 5.02 Å². The molecule has 8 aromatic rings. The quantitative estimate of drug-likeness (QED) is 0.155. The second-order valence-electron chi connectivity index (χ2n) is 16.6. The molecule has 2 aliphatic rings. The van der Waals surface area contributed by atoms with E-state index in [2.05, 4.69) is 185 Å². The Bertz CT molecular complexity index is 2910. The largest absolute Gasteiger partial charge is 0.0948 e. The number of allylic oxidation sites excluding steroid dienone is 1. The first-order chi connectivity index (χ1) is 28.2. The number of halogens is 1. The molecule has 2 heteroatoms. The minimum Gasteiger partial charge on any atom is -0.0948 e. The predicted molar refractivity (Wildman–Crippen MR) is 248 cm³/mol. The van der Waals surface area contributed by atoms with E-state index in [9.17, 15) is 0 Å². The molecule has 10 rings (SSSR count). The van der Waals surface area contributed by atoms with E-state index in [1.165, 1.54) is 88.0 Å². The van der Waals surface area contributed by atoms with Crippen LogP contribution >= 0.6 is 23.4 Å². The summed E-state index contributed by atoms with van der Waals surface area (Å²) in [5.41, 5.74) is 19.5. The summed E-state index contributed by atoms with van der Waals surface area (Å²) in [6.45, 7) is 11.6. The predicted octanol–water partition coefficient (Wildman–Crippen LogP) is 15.9. The minimum atomic E-state index is -0.0553. The zero-order valence-electron chi connectivity index (χ0n) is 33.3. The lowest BCUT2D eigenvalue weighted by molar-refractivity contribution is 0.655. The highest BCUT2D eigenvalue weighted by atomic mass is 35.5. The Morgan fingerprint density at radius 2 is 1.40 bits per heavy atom. The molecule has 0 nitrogen and oxygen atoms in total. The van der Waals surface area contributed by atoms with Gasteiger partial charge in [-0.2, -0.15) is 0 Å². The molecule has 0 saturated heterocycles. The van der Waals surface area contributed by atoms with Gasteiger partial charge >= 0.3 is 0 Å². The van der Waals surface area contributed by atoms with Gasteiger partial charge in [-0.3, -0.25) is 0 Å². The van der Waals surface area contributed by atoms with Crippen molar-refractivity contribution in [1.82, 2.24) is 0 Å². The monoisotopic (exact) mass is 784 g/mol. The van der Waals surface area contributed by atoms with Crippen molar-refractivity contribution in [2.75, 3.05) is 0 Å². The van der Waals surface area contributed by atoms with Crippen molar-refractivity contribution >= 4 is 39.7 Å². The van der Waals surface area contributed by atoms with Gasteiger partial charge in [-0.25, -0.2) is 0 Å². The second kappa shape index (κ2) is 14.7.